The molecule has 0 aliphatic rings. The number of rotatable bonds is 6. The second-order valence-electron chi connectivity index (χ2n) is 5.45. The van der Waals surface area contributed by atoms with E-state index < -0.39 is 18.0 Å². The fraction of sp³-hybridized carbons (Fsp3) is 0.467. The van der Waals surface area contributed by atoms with Crippen LogP contribution in [0.3, 0.4) is 0 Å². The van der Waals surface area contributed by atoms with E-state index in [1.165, 1.54) is 24.3 Å². The van der Waals surface area contributed by atoms with Crippen LogP contribution in [0.25, 0.3) is 0 Å². The zero-order chi connectivity index (χ0) is 16.8. The van der Waals surface area contributed by atoms with Crippen LogP contribution in [0.4, 0.5) is 14.5 Å². The zero-order valence-electron chi connectivity index (χ0n) is 13.0. The van der Waals surface area contributed by atoms with E-state index >= 15 is 0 Å². The normalized spacial score (nSPS) is 12.2. The molecule has 1 N–H and O–H groups in total. The van der Waals surface area contributed by atoms with Crippen molar-refractivity contribution < 1.29 is 23.0 Å². The predicted molar refractivity (Wildman–Crippen MR) is 80.2 cm³/mol. The van der Waals surface area contributed by atoms with Gasteiger partial charge in [0.15, 0.2) is 5.71 Å². The third-order valence-electron chi connectivity index (χ3n) is 2.56. The van der Waals surface area contributed by atoms with Gasteiger partial charge in [-0.1, -0.05) is 20.8 Å². The molecule has 0 atom stereocenters. The molecule has 122 valence electrons. The molecule has 1 aromatic rings. The molecule has 0 aliphatic carbocycles. The fourth-order valence-corrected chi connectivity index (χ4v) is 1.55. The minimum absolute atomic E-state index is 0.0472. The van der Waals surface area contributed by atoms with E-state index in [0.717, 1.165) is 0 Å². The summed E-state index contributed by atoms with van der Waals surface area (Å²) in [4.78, 5) is 11.9. The van der Waals surface area contributed by atoms with Gasteiger partial charge in [-0.15, -0.1) is 0 Å². The monoisotopic (exact) mass is 314 g/mol. The predicted octanol–water partition coefficient (Wildman–Crippen LogP) is 3.67. The lowest BCUT2D eigenvalue weighted by Crippen LogP contribution is -2.31. The fourth-order valence-electron chi connectivity index (χ4n) is 1.55. The Morgan fingerprint density at radius 2 is 1.86 bits per heavy atom. The van der Waals surface area contributed by atoms with Gasteiger partial charge in [0.25, 0.3) is 0 Å². The van der Waals surface area contributed by atoms with Crippen molar-refractivity contribution in [3.63, 3.8) is 0 Å². The Labute approximate surface area is 128 Å². The summed E-state index contributed by atoms with van der Waals surface area (Å²) in [6.45, 7) is 4.62. The Balaban J connectivity index is 2.84. The van der Waals surface area contributed by atoms with Crippen LogP contribution in [0.1, 0.15) is 27.7 Å². The molecule has 0 unspecified atom stereocenters. The summed E-state index contributed by atoms with van der Waals surface area (Å²) < 4.78 is 33.3. The number of benzene rings is 1. The van der Waals surface area contributed by atoms with Crippen LogP contribution in [-0.4, -0.2) is 24.9 Å². The van der Waals surface area contributed by atoms with Crippen molar-refractivity contribution in [1.29, 1.82) is 0 Å². The van der Waals surface area contributed by atoms with Crippen LogP contribution in [-0.2, 0) is 9.53 Å². The Morgan fingerprint density at radius 1 is 1.27 bits per heavy atom. The molecular formula is C15H20F2N2O3. The first-order valence-electron chi connectivity index (χ1n) is 6.80. The number of hydrogen-bond acceptors (Lipinski definition) is 5. The quantitative estimate of drug-likeness (QED) is 0.494. The van der Waals surface area contributed by atoms with Gasteiger partial charge in [-0.3, -0.25) is 5.43 Å². The molecular weight excluding hydrogens is 294 g/mol. The first-order valence-corrected chi connectivity index (χ1v) is 6.80. The molecule has 1 rings (SSSR count). The number of ether oxygens (including phenoxy) is 2. The molecule has 7 heteroatoms. The molecule has 0 aliphatic heterocycles. The van der Waals surface area contributed by atoms with E-state index in [2.05, 4.69) is 15.3 Å². The Kier molecular flexibility index (Phi) is 6.27. The minimum Gasteiger partial charge on any atom is -0.461 e. The maximum atomic E-state index is 12.1. The number of anilines is 1. The molecule has 0 bridgehead atoms. The van der Waals surface area contributed by atoms with E-state index in [4.69, 9.17) is 4.74 Å². The van der Waals surface area contributed by atoms with Gasteiger partial charge >= 0.3 is 12.6 Å². The highest BCUT2D eigenvalue weighted by molar-refractivity contribution is 6.38. The van der Waals surface area contributed by atoms with Gasteiger partial charge in [0.2, 0.25) is 0 Å². The summed E-state index contributed by atoms with van der Waals surface area (Å²) in [5, 5.41) is 4.08. The standard InChI is InChI=1S/C15H20F2N2O3/c1-5-21-13(20)12(15(2,3)4)19-18-10-6-8-11(9-7-10)22-14(16)17/h6-9,14,18H,5H2,1-4H3. The number of carbonyl (C=O) groups excluding carboxylic acids is 1. The Morgan fingerprint density at radius 3 is 2.32 bits per heavy atom. The molecule has 0 saturated carbocycles. The minimum atomic E-state index is -2.87. The van der Waals surface area contributed by atoms with E-state index in [0.29, 0.717) is 5.69 Å². The van der Waals surface area contributed by atoms with Crippen LogP contribution in [0.2, 0.25) is 0 Å². The van der Waals surface area contributed by atoms with E-state index in [1.807, 2.05) is 20.8 Å². The van der Waals surface area contributed by atoms with Crippen molar-refractivity contribution in [3.8, 4) is 5.75 Å². The van der Waals surface area contributed by atoms with Gasteiger partial charge in [0.05, 0.1) is 12.3 Å². The summed E-state index contributed by atoms with van der Waals surface area (Å²) >= 11 is 0. The highest BCUT2D eigenvalue weighted by atomic mass is 19.3. The molecule has 0 fully saturated rings. The molecule has 0 radical (unpaired) electrons. The first-order chi connectivity index (χ1) is 10.2. The molecule has 5 nitrogen and oxygen atoms in total. The van der Waals surface area contributed by atoms with Crippen LogP contribution < -0.4 is 10.2 Å². The highest BCUT2D eigenvalue weighted by Gasteiger charge is 2.27. The number of halogens is 2. The molecule has 22 heavy (non-hydrogen) atoms. The number of hydrogen-bond donors (Lipinski definition) is 1. The summed E-state index contributed by atoms with van der Waals surface area (Å²) in [6.07, 6.45) is 0. The van der Waals surface area contributed by atoms with E-state index in [-0.39, 0.29) is 18.1 Å². The zero-order valence-corrected chi connectivity index (χ0v) is 13.0. The van der Waals surface area contributed by atoms with Gasteiger partial charge < -0.3 is 9.47 Å². The third-order valence-corrected chi connectivity index (χ3v) is 2.56. The molecule has 0 amide bonds. The van der Waals surface area contributed by atoms with Crippen LogP contribution in [0.5, 0.6) is 5.75 Å². The maximum absolute atomic E-state index is 12.1. The second kappa shape index (κ2) is 7.72. The number of alkyl halides is 2. The van der Waals surface area contributed by atoms with E-state index in [1.54, 1.807) is 6.92 Å². The smallest absolute Gasteiger partial charge is 0.387 e. The number of esters is 1. The summed E-state index contributed by atoms with van der Waals surface area (Å²) in [5.41, 5.74) is 2.99. The average molecular weight is 314 g/mol. The number of hydrazone groups is 1. The van der Waals surface area contributed by atoms with E-state index in [9.17, 15) is 13.6 Å². The molecule has 0 heterocycles. The number of carbonyl (C=O) groups is 1. The SMILES string of the molecule is CCOC(=O)C(=NNc1ccc(OC(F)F)cc1)C(C)(C)C. The average Bonchev–Trinajstić information content (AvgIpc) is 2.39. The van der Waals surface area contributed by atoms with Gasteiger partial charge in [-0.05, 0) is 31.2 Å². The topological polar surface area (TPSA) is 59.9 Å². The van der Waals surface area contributed by atoms with Crippen molar-refractivity contribution in [1.82, 2.24) is 0 Å². The molecule has 0 saturated heterocycles. The third kappa shape index (κ3) is 5.67. The van der Waals surface area contributed by atoms with Gasteiger partial charge in [0, 0.05) is 5.41 Å². The van der Waals surface area contributed by atoms with Crippen LogP contribution in [0.15, 0.2) is 29.4 Å². The molecule has 0 spiro atoms. The first kappa shape index (κ1) is 17.9. The van der Waals surface area contributed by atoms with Crippen molar-refractivity contribution in [3.05, 3.63) is 24.3 Å². The van der Waals surface area contributed by atoms with Gasteiger partial charge in [0.1, 0.15) is 5.75 Å². The van der Waals surface area contributed by atoms with Crippen molar-refractivity contribution in [2.24, 2.45) is 10.5 Å². The summed E-state index contributed by atoms with van der Waals surface area (Å²) in [5.74, 6) is -0.453. The number of nitrogens with zero attached hydrogens (tertiary/aromatic N) is 1. The Hall–Kier alpha value is -2.18. The van der Waals surface area contributed by atoms with Crippen molar-refractivity contribution in [2.45, 2.75) is 34.3 Å². The van der Waals surface area contributed by atoms with Crippen LogP contribution in [0, 0.1) is 5.41 Å². The lowest BCUT2D eigenvalue weighted by Gasteiger charge is -2.19. The molecule has 1 aromatic carbocycles. The Bertz CT molecular complexity index is 523. The number of nitrogens with one attached hydrogen (secondary N) is 1. The largest absolute Gasteiger partial charge is 0.461 e. The summed E-state index contributed by atoms with van der Waals surface area (Å²) in [7, 11) is 0. The maximum Gasteiger partial charge on any atom is 0.387 e. The second-order valence-corrected chi connectivity index (χ2v) is 5.45. The highest BCUT2D eigenvalue weighted by Crippen LogP contribution is 2.20. The lowest BCUT2D eigenvalue weighted by molar-refractivity contribution is -0.135. The van der Waals surface area contributed by atoms with Gasteiger partial charge in [-0.2, -0.15) is 13.9 Å². The van der Waals surface area contributed by atoms with Crippen molar-refractivity contribution >= 4 is 17.4 Å². The van der Waals surface area contributed by atoms with Crippen molar-refractivity contribution in [2.75, 3.05) is 12.0 Å². The summed E-state index contributed by atoms with van der Waals surface area (Å²) in [6, 6.07) is 5.80. The van der Waals surface area contributed by atoms with Gasteiger partial charge in [-0.25, -0.2) is 4.79 Å². The molecule has 0 aromatic heterocycles. The van der Waals surface area contributed by atoms with Crippen LogP contribution >= 0.6 is 0 Å². The lowest BCUT2D eigenvalue weighted by atomic mass is 9.90.